The fourth-order valence-electron chi connectivity index (χ4n) is 2.16. The summed E-state index contributed by atoms with van der Waals surface area (Å²) in [6, 6.07) is 0.156. The van der Waals surface area contributed by atoms with Gasteiger partial charge in [-0.3, -0.25) is 4.79 Å². The molecule has 0 saturated carbocycles. The van der Waals surface area contributed by atoms with Crippen LogP contribution in [0.1, 0.15) is 20.3 Å². The van der Waals surface area contributed by atoms with E-state index in [-0.39, 0.29) is 17.8 Å². The molecule has 0 aromatic carbocycles. The van der Waals surface area contributed by atoms with Gasteiger partial charge in [0.25, 0.3) is 0 Å². The Morgan fingerprint density at radius 1 is 1.53 bits per heavy atom. The molecule has 1 heterocycles. The standard InChI is InChI=1S/C11H22N4O2/c1-8-7-14(3)5-4-6-15(8)11(16)9(2)10(12)13-17/h8-9,17H,4-7H2,1-3H3,(H2,12,13). The quantitative estimate of drug-likeness (QED) is 0.307. The predicted molar refractivity (Wildman–Crippen MR) is 65.9 cm³/mol. The third kappa shape index (κ3) is 3.33. The smallest absolute Gasteiger partial charge is 0.233 e. The largest absolute Gasteiger partial charge is 0.409 e. The van der Waals surface area contributed by atoms with Crippen LogP contribution in [0.4, 0.5) is 0 Å². The van der Waals surface area contributed by atoms with Gasteiger partial charge in [-0.2, -0.15) is 0 Å². The maximum absolute atomic E-state index is 12.2. The van der Waals surface area contributed by atoms with Gasteiger partial charge in [-0.1, -0.05) is 5.16 Å². The first-order valence-corrected chi connectivity index (χ1v) is 5.93. The van der Waals surface area contributed by atoms with Crippen molar-refractivity contribution in [3.63, 3.8) is 0 Å². The molecule has 98 valence electrons. The van der Waals surface area contributed by atoms with Crippen LogP contribution in [0.15, 0.2) is 5.16 Å². The Morgan fingerprint density at radius 3 is 2.76 bits per heavy atom. The zero-order valence-corrected chi connectivity index (χ0v) is 10.8. The monoisotopic (exact) mass is 242 g/mol. The van der Waals surface area contributed by atoms with Gasteiger partial charge >= 0.3 is 0 Å². The Labute approximate surface area is 102 Å². The molecule has 6 heteroatoms. The van der Waals surface area contributed by atoms with Gasteiger partial charge in [0, 0.05) is 19.1 Å². The van der Waals surface area contributed by atoms with Crippen molar-refractivity contribution in [3.05, 3.63) is 0 Å². The summed E-state index contributed by atoms with van der Waals surface area (Å²) in [6.45, 7) is 6.27. The van der Waals surface area contributed by atoms with Gasteiger partial charge in [-0.05, 0) is 33.9 Å². The van der Waals surface area contributed by atoms with Crippen LogP contribution in [0.25, 0.3) is 0 Å². The molecule has 17 heavy (non-hydrogen) atoms. The highest BCUT2D eigenvalue weighted by molar-refractivity contribution is 6.01. The maximum Gasteiger partial charge on any atom is 0.233 e. The SMILES string of the molecule is CC(C(=O)N1CCCN(C)CC1C)C(N)=NO. The second-order valence-corrected chi connectivity index (χ2v) is 4.74. The maximum atomic E-state index is 12.2. The second kappa shape index (κ2) is 5.86. The minimum atomic E-state index is -0.564. The van der Waals surface area contributed by atoms with E-state index in [1.54, 1.807) is 6.92 Å². The van der Waals surface area contributed by atoms with Gasteiger partial charge in [-0.15, -0.1) is 0 Å². The zero-order chi connectivity index (χ0) is 13.0. The van der Waals surface area contributed by atoms with E-state index >= 15 is 0 Å². The number of carbonyl (C=O) groups excluding carboxylic acids is 1. The Bertz CT molecular complexity index is 306. The van der Waals surface area contributed by atoms with Gasteiger partial charge in [-0.25, -0.2) is 0 Å². The molecule has 6 nitrogen and oxygen atoms in total. The van der Waals surface area contributed by atoms with E-state index in [0.717, 1.165) is 26.1 Å². The Morgan fingerprint density at radius 2 is 2.18 bits per heavy atom. The summed E-state index contributed by atoms with van der Waals surface area (Å²) in [4.78, 5) is 16.2. The molecule has 0 bridgehead atoms. The van der Waals surface area contributed by atoms with Crippen molar-refractivity contribution in [1.29, 1.82) is 0 Å². The minimum absolute atomic E-state index is 0.0280. The topological polar surface area (TPSA) is 82.2 Å². The number of hydrogen-bond donors (Lipinski definition) is 2. The molecule has 1 saturated heterocycles. The number of rotatable bonds is 2. The fraction of sp³-hybridized carbons (Fsp3) is 0.818. The molecule has 3 N–H and O–H groups in total. The zero-order valence-electron chi connectivity index (χ0n) is 10.8. The summed E-state index contributed by atoms with van der Waals surface area (Å²) in [5.74, 6) is -0.659. The van der Waals surface area contributed by atoms with E-state index in [1.165, 1.54) is 0 Å². The van der Waals surface area contributed by atoms with E-state index in [0.29, 0.717) is 0 Å². The molecule has 1 rings (SSSR count). The average Bonchev–Trinajstić information content (AvgIpc) is 2.47. The van der Waals surface area contributed by atoms with Crippen molar-refractivity contribution in [1.82, 2.24) is 9.80 Å². The molecule has 0 spiro atoms. The molecule has 0 aromatic rings. The normalized spacial score (nSPS) is 25.5. The Hall–Kier alpha value is -1.30. The van der Waals surface area contributed by atoms with Crippen LogP contribution in [-0.4, -0.2) is 59.5 Å². The van der Waals surface area contributed by atoms with E-state index in [2.05, 4.69) is 17.1 Å². The second-order valence-electron chi connectivity index (χ2n) is 4.74. The predicted octanol–water partition coefficient (Wildman–Crippen LogP) is -0.0785. The van der Waals surface area contributed by atoms with Crippen molar-refractivity contribution in [2.24, 2.45) is 16.8 Å². The van der Waals surface area contributed by atoms with Crippen LogP contribution < -0.4 is 5.73 Å². The number of nitrogens with two attached hydrogens (primary N) is 1. The minimum Gasteiger partial charge on any atom is -0.409 e. The van der Waals surface area contributed by atoms with Crippen LogP contribution in [0.5, 0.6) is 0 Å². The Balaban J connectivity index is 2.73. The number of hydrogen-bond acceptors (Lipinski definition) is 4. The van der Waals surface area contributed by atoms with E-state index < -0.39 is 5.92 Å². The van der Waals surface area contributed by atoms with Crippen LogP contribution in [0, 0.1) is 5.92 Å². The lowest BCUT2D eigenvalue weighted by molar-refractivity contribution is -0.134. The molecule has 0 radical (unpaired) electrons. The van der Waals surface area contributed by atoms with Gasteiger partial charge in [0.05, 0.1) is 5.92 Å². The average molecular weight is 242 g/mol. The van der Waals surface area contributed by atoms with Crippen LogP contribution in [0.2, 0.25) is 0 Å². The van der Waals surface area contributed by atoms with Gasteiger partial charge < -0.3 is 20.7 Å². The van der Waals surface area contributed by atoms with E-state index in [4.69, 9.17) is 10.9 Å². The summed E-state index contributed by atoms with van der Waals surface area (Å²) in [5.41, 5.74) is 5.48. The highest BCUT2D eigenvalue weighted by Crippen LogP contribution is 2.12. The number of oxime groups is 1. The first-order chi connectivity index (χ1) is 7.97. The molecule has 2 atom stereocenters. The molecule has 0 aliphatic carbocycles. The van der Waals surface area contributed by atoms with Gasteiger partial charge in [0.1, 0.15) is 0 Å². The van der Waals surface area contributed by atoms with Crippen molar-refractivity contribution in [2.75, 3.05) is 26.7 Å². The van der Waals surface area contributed by atoms with Gasteiger partial charge in [0.2, 0.25) is 5.91 Å². The lowest BCUT2D eigenvalue weighted by Crippen LogP contribution is -2.47. The Kier molecular flexibility index (Phi) is 4.74. The summed E-state index contributed by atoms with van der Waals surface area (Å²) in [5, 5.41) is 11.5. The molecule has 1 amide bonds. The lowest BCUT2D eigenvalue weighted by atomic mass is 10.1. The molecule has 1 aliphatic heterocycles. The number of amidine groups is 1. The third-order valence-electron chi connectivity index (χ3n) is 3.26. The van der Waals surface area contributed by atoms with E-state index in [9.17, 15) is 4.79 Å². The summed E-state index contributed by atoms with van der Waals surface area (Å²) < 4.78 is 0. The highest BCUT2D eigenvalue weighted by atomic mass is 16.4. The highest BCUT2D eigenvalue weighted by Gasteiger charge is 2.29. The van der Waals surface area contributed by atoms with Gasteiger partial charge in [0.15, 0.2) is 5.84 Å². The van der Waals surface area contributed by atoms with Crippen molar-refractivity contribution >= 4 is 11.7 Å². The lowest BCUT2D eigenvalue weighted by Gasteiger charge is -2.30. The first kappa shape index (κ1) is 13.8. The molecule has 0 aromatic heterocycles. The molecule has 1 aliphatic rings. The molecule has 1 fully saturated rings. The summed E-state index contributed by atoms with van der Waals surface area (Å²) in [6.07, 6.45) is 0.954. The number of likely N-dealkylation sites (N-methyl/N-ethyl adjacent to an activating group) is 1. The third-order valence-corrected chi connectivity index (χ3v) is 3.26. The van der Waals surface area contributed by atoms with Crippen LogP contribution in [-0.2, 0) is 4.79 Å². The molecular formula is C11H22N4O2. The van der Waals surface area contributed by atoms with Crippen LogP contribution >= 0.6 is 0 Å². The first-order valence-electron chi connectivity index (χ1n) is 5.93. The van der Waals surface area contributed by atoms with Crippen LogP contribution in [0.3, 0.4) is 0 Å². The molecule has 2 unspecified atom stereocenters. The number of amides is 1. The number of nitrogens with zero attached hydrogens (tertiary/aromatic N) is 3. The summed E-state index contributed by atoms with van der Waals surface area (Å²) in [7, 11) is 2.05. The number of carbonyl (C=O) groups is 1. The fourth-order valence-corrected chi connectivity index (χ4v) is 2.16. The van der Waals surface area contributed by atoms with E-state index in [1.807, 2.05) is 11.8 Å². The summed E-state index contributed by atoms with van der Waals surface area (Å²) >= 11 is 0. The van der Waals surface area contributed by atoms with Crippen molar-refractivity contribution in [2.45, 2.75) is 26.3 Å². The molecular weight excluding hydrogens is 220 g/mol. The van der Waals surface area contributed by atoms with Crippen molar-refractivity contribution in [3.8, 4) is 0 Å². The van der Waals surface area contributed by atoms with Crippen molar-refractivity contribution < 1.29 is 10.0 Å².